The Balaban J connectivity index is 2.06. The summed E-state index contributed by atoms with van der Waals surface area (Å²) in [7, 11) is 0. The van der Waals surface area contributed by atoms with Gasteiger partial charge in [0.2, 0.25) is 5.91 Å². The summed E-state index contributed by atoms with van der Waals surface area (Å²) in [6.07, 6.45) is 7.69. The van der Waals surface area contributed by atoms with Crippen LogP contribution in [0.1, 0.15) is 44.9 Å². The van der Waals surface area contributed by atoms with E-state index in [0.717, 1.165) is 0 Å². The van der Waals surface area contributed by atoms with E-state index < -0.39 is 0 Å². The molecule has 0 atom stereocenters. The molecule has 0 saturated heterocycles. The second-order valence-electron chi connectivity index (χ2n) is 4.14. The molecule has 0 aromatic rings. The van der Waals surface area contributed by atoms with Gasteiger partial charge in [0.05, 0.1) is 0 Å². The van der Waals surface area contributed by atoms with E-state index in [-0.39, 0.29) is 12.5 Å². The van der Waals surface area contributed by atoms with Crippen molar-refractivity contribution in [2.45, 2.75) is 44.9 Å². The highest BCUT2D eigenvalue weighted by Gasteiger charge is 2.16. The molecule has 14 heavy (non-hydrogen) atoms. The van der Waals surface area contributed by atoms with Gasteiger partial charge in [0.25, 0.3) is 0 Å². The topological polar surface area (TPSA) is 49.3 Å². The largest absolute Gasteiger partial charge is 0.396 e. The molecule has 0 spiro atoms. The molecule has 1 aliphatic carbocycles. The first kappa shape index (κ1) is 11.5. The van der Waals surface area contributed by atoms with Crippen molar-refractivity contribution in [1.82, 2.24) is 5.32 Å². The van der Waals surface area contributed by atoms with Gasteiger partial charge in [-0.25, -0.2) is 0 Å². The SMILES string of the molecule is O=C(CC1CCCCC1)NCCCO. The Morgan fingerprint density at radius 2 is 2.00 bits per heavy atom. The molecular formula is C11H21NO2. The van der Waals surface area contributed by atoms with Gasteiger partial charge in [0.15, 0.2) is 0 Å². The number of rotatable bonds is 5. The predicted octanol–water partition coefficient (Wildman–Crippen LogP) is 1.46. The molecule has 0 aliphatic heterocycles. The lowest BCUT2D eigenvalue weighted by atomic mass is 9.87. The third-order valence-electron chi connectivity index (χ3n) is 2.86. The summed E-state index contributed by atoms with van der Waals surface area (Å²) >= 11 is 0. The van der Waals surface area contributed by atoms with Crippen molar-refractivity contribution in [2.75, 3.05) is 13.2 Å². The van der Waals surface area contributed by atoms with Crippen molar-refractivity contribution < 1.29 is 9.90 Å². The van der Waals surface area contributed by atoms with Gasteiger partial charge in [-0.15, -0.1) is 0 Å². The Kier molecular flexibility index (Phi) is 5.60. The minimum absolute atomic E-state index is 0.156. The van der Waals surface area contributed by atoms with Crippen LogP contribution >= 0.6 is 0 Å². The van der Waals surface area contributed by atoms with Crippen LogP contribution in [0.5, 0.6) is 0 Å². The first-order chi connectivity index (χ1) is 6.83. The molecule has 0 aromatic heterocycles. The highest BCUT2D eigenvalue weighted by molar-refractivity contribution is 5.76. The fourth-order valence-electron chi connectivity index (χ4n) is 2.03. The maximum Gasteiger partial charge on any atom is 0.220 e. The second kappa shape index (κ2) is 6.82. The van der Waals surface area contributed by atoms with Crippen molar-refractivity contribution in [1.29, 1.82) is 0 Å². The van der Waals surface area contributed by atoms with Crippen molar-refractivity contribution in [2.24, 2.45) is 5.92 Å². The summed E-state index contributed by atoms with van der Waals surface area (Å²) in [5, 5.41) is 11.4. The molecule has 2 N–H and O–H groups in total. The van der Waals surface area contributed by atoms with Crippen LogP contribution in [0, 0.1) is 5.92 Å². The number of hydrogen-bond donors (Lipinski definition) is 2. The van der Waals surface area contributed by atoms with Crippen LogP contribution in [0.15, 0.2) is 0 Å². The summed E-state index contributed by atoms with van der Waals surface area (Å²) in [5.41, 5.74) is 0. The first-order valence-corrected chi connectivity index (χ1v) is 5.70. The Bertz CT molecular complexity index is 165. The maximum atomic E-state index is 11.4. The number of carbonyl (C=O) groups excluding carboxylic acids is 1. The van der Waals surface area contributed by atoms with Crippen LogP contribution in [0.3, 0.4) is 0 Å². The summed E-state index contributed by atoms with van der Waals surface area (Å²) < 4.78 is 0. The molecule has 1 aliphatic rings. The van der Waals surface area contributed by atoms with Gasteiger partial charge in [-0.3, -0.25) is 4.79 Å². The van der Waals surface area contributed by atoms with E-state index in [1.54, 1.807) is 0 Å². The van der Waals surface area contributed by atoms with Crippen LogP contribution in [-0.4, -0.2) is 24.2 Å². The van der Waals surface area contributed by atoms with Crippen molar-refractivity contribution >= 4 is 5.91 Å². The number of aliphatic hydroxyl groups is 1. The van der Waals surface area contributed by atoms with Gasteiger partial charge < -0.3 is 10.4 Å². The van der Waals surface area contributed by atoms with Crippen LogP contribution < -0.4 is 5.32 Å². The molecule has 1 saturated carbocycles. The quantitative estimate of drug-likeness (QED) is 0.658. The molecule has 0 radical (unpaired) electrons. The third-order valence-corrected chi connectivity index (χ3v) is 2.86. The van der Waals surface area contributed by atoms with Crippen LogP contribution in [0.25, 0.3) is 0 Å². The number of nitrogens with one attached hydrogen (secondary N) is 1. The lowest BCUT2D eigenvalue weighted by Gasteiger charge is -2.20. The molecule has 0 heterocycles. The van der Waals surface area contributed by atoms with Crippen LogP contribution in [0.2, 0.25) is 0 Å². The Labute approximate surface area is 85.9 Å². The Hall–Kier alpha value is -0.570. The van der Waals surface area contributed by atoms with Gasteiger partial charge in [0, 0.05) is 19.6 Å². The second-order valence-corrected chi connectivity index (χ2v) is 4.14. The van der Waals surface area contributed by atoms with E-state index in [9.17, 15) is 4.79 Å². The predicted molar refractivity (Wildman–Crippen MR) is 55.9 cm³/mol. The highest BCUT2D eigenvalue weighted by atomic mass is 16.3. The molecule has 1 fully saturated rings. The molecule has 3 heteroatoms. The smallest absolute Gasteiger partial charge is 0.220 e. The zero-order valence-electron chi connectivity index (χ0n) is 8.80. The third kappa shape index (κ3) is 4.61. The Morgan fingerprint density at radius 1 is 1.29 bits per heavy atom. The van der Waals surface area contributed by atoms with Gasteiger partial charge >= 0.3 is 0 Å². The maximum absolute atomic E-state index is 11.4. The summed E-state index contributed by atoms with van der Waals surface area (Å²) in [6, 6.07) is 0. The van der Waals surface area contributed by atoms with Gasteiger partial charge in [-0.2, -0.15) is 0 Å². The standard InChI is InChI=1S/C11H21NO2/c13-8-4-7-12-11(14)9-10-5-2-1-3-6-10/h10,13H,1-9H2,(H,12,14). The van der Waals surface area contributed by atoms with E-state index in [1.807, 2.05) is 0 Å². The average molecular weight is 199 g/mol. The van der Waals surface area contributed by atoms with Gasteiger partial charge in [-0.1, -0.05) is 19.3 Å². The van der Waals surface area contributed by atoms with E-state index in [0.29, 0.717) is 25.3 Å². The van der Waals surface area contributed by atoms with Crippen molar-refractivity contribution in [3.05, 3.63) is 0 Å². The van der Waals surface area contributed by atoms with Gasteiger partial charge in [-0.05, 0) is 25.2 Å². The molecule has 0 unspecified atom stereocenters. The van der Waals surface area contributed by atoms with Crippen LogP contribution in [0.4, 0.5) is 0 Å². The molecule has 82 valence electrons. The average Bonchev–Trinajstić information content (AvgIpc) is 2.20. The monoisotopic (exact) mass is 199 g/mol. The van der Waals surface area contributed by atoms with E-state index in [2.05, 4.69) is 5.32 Å². The van der Waals surface area contributed by atoms with Crippen molar-refractivity contribution in [3.8, 4) is 0 Å². The van der Waals surface area contributed by atoms with Crippen molar-refractivity contribution in [3.63, 3.8) is 0 Å². The number of carbonyl (C=O) groups is 1. The zero-order valence-corrected chi connectivity index (χ0v) is 8.80. The minimum atomic E-state index is 0.156. The molecule has 0 bridgehead atoms. The highest BCUT2D eigenvalue weighted by Crippen LogP contribution is 2.25. The van der Waals surface area contributed by atoms with E-state index >= 15 is 0 Å². The lowest BCUT2D eigenvalue weighted by molar-refractivity contribution is -0.122. The number of amides is 1. The summed E-state index contributed by atoms with van der Waals surface area (Å²) in [4.78, 5) is 11.4. The molecule has 0 aromatic carbocycles. The number of aliphatic hydroxyl groups excluding tert-OH is 1. The Morgan fingerprint density at radius 3 is 2.64 bits per heavy atom. The van der Waals surface area contributed by atoms with Crippen LogP contribution in [-0.2, 0) is 4.79 Å². The fraction of sp³-hybridized carbons (Fsp3) is 0.909. The molecule has 1 amide bonds. The summed E-state index contributed by atoms with van der Waals surface area (Å²) in [5.74, 6) is 0.767. The minimum Gasteiger partial charge on any atom is -0.396 e. The van der Waals surface area contributed by atoms with E-state index in [1.165, 1.54) is 32.1 Å². The molecule has 3 nitrogen and oxygen atoms in total. The number of hydrogen-bond acceptors (Lipinski definition) is 2. The fourth-order valence-corrected chi connectivity index (χ4v) is 2.03. The normalized spacial score (nSPS) is 18.1. The van der Waals surface area contributed by atoms with Gasteiger partial charge in [0.1, 0.15) is 0 Å². The summed E-state index contributed by atoms with van der Waals surface area (Å²) in [6.45, 7) is 0.770. The molecular weight excluding hydrogens is 178 g/mol. The van der Waals surface area contributed by atoms with E-state index in [4.69, 9.17) is 5.11 Å². The first-order valence-electron chi connectivity index (χ1n) is 5.70. The molecule has 1 rings (SSSR count). The zero-order chi connectivity index (χ0) is 10.2. The lowest BCUT2D eigenvalue weighted by Crippen LogP contribution is -2.27.